The van der Waals surface area contributed by atoms with E-state index in [9.17, 15) is 4.79 Å². The molecule has 3 nitrogen and oxygen atoms in total. The Kier molecular flexibility index (Phi) is 4.50. The van der Waals surface area contributed by atoms with Crippen LogP contribution in [-0.2, 0) is 11.3 Å². The minimum atomic E-state index is -0.358. The summed E-state index contributed by atoms with van der Waals surface area (Å²) in [7, 11) is 0. The number of rotatable bonds is 5. The number of carbonyl (C=O) groups is 1. The van der Waals surface area contributed by atoms with Crippen molar-refractivity contribution in [1.82, 2.24) is 5.48 Å². The molecule has 0 aliphatic heterocycles. The average molecular weight is 241 g/mol. The molecule has 0 bridgehead atoms. The Morgan fingerprint density at radius 1 is 0.944 bits per heavy atom. The van der Waals surface area contributed by atoms with Crippen LogP contribution in [0.15, 0.2) is 60.7 Å². The Morgan fingerprint density at radius 2 is 1.56 bits per heavy atom. The highest BCUT2D eigenvalue weighted by Gasteiger charge is 2.05. The maximum absolute atomic E-state index is 11.6. The summed E-state index contributed by atoms with van der Waals surface area (Å²) in [6.45, 7) is 0.600. The van der Waals surface area contributed by atoms with Crippen LogP contribution >= 0.6 is 0 Å². The van der Waals surface area contributed by atoms with E-state index < -0.39 is 0 Å². The molecule has 0 aliphatic carbocycles. The van der Waals surface area contributed by atoms with Crippen LogP contribution in [0.3, 0.4) is 0 Å². The van der Waals surface area contributed by atoms with Crippen molar-refractivity contribution in [3.05, 3.63) is 71.8 Å². The maximum Gasteiger partial charge on any atom is 0.356 e. The predicted molar refractivity (Wildman–Crippen MR) is 70.0 cm³/mol. The molecule has 0 fully saturated rings. The maximum atomic E-state index is 11.6. The summed E-state index contributed by atoms with van der Waals surface area (Å²) in [5.41, 5.74) is 4.44. The van der Waals surface area contributed by atoms with Crippen LogP contribution in [0.25, 0.3) is 0 Å². The fourth-order valence-electron chi connectivity index (χ4n) is 1.59. The Balaban J connectivity index is 1.72. The zero-order chi connectivity index (χ0) is 12.6. The smallest absolute Gasteiger partial charge is 0.356 e. The minimum Gasteiger partial charge on any atom is -0.367 e. The fraction of sp³-hybridized carbons (Fsp3) is 0.133. The molecule has 0 aliphatic rings. The number of hydrogen-bond donors (Lipinski definition) is 1. The molecular weight excluding hydrogens is 226 g/mol. The van der Waals surface area contributed by atoms with Crippen LogP contribution in [0.4, 0.5) is 0 Å². The van der Waals surface area contributed by atoms with Crippen molar-refractivity contribution in [2.45, 2.75) is 6.42 Å². The molecule has 0 unspecified atom stereocenters. The molecule has 2 rings (SSSR count). The highest BCUT2D eigenvalue weighted by molar-refractivity contribution is 5.89. The zero-order valence-corrected chi connectivity index (χ0v) is 10.0. The molecule has 0 saturated carbocycles. The van der Waals surface area contributed by atoms with E-state index in [4.69, 9.17) is 4.84 Å². The topological polar surface area (TPSA) is 38.3 Å². The van der Waals surface area contributed by atoms with E-state index in [1.807, 2.05) is 36.4 Å². The van der Waals surface area contributed by atoms with Gasteiger partial charge in [-0.05, 0) is 24.1 Å². The fourth-order valence-corrected chi connectivity index (χ4v) is 1.59. The second-order valence-corrected chi connectivity index (χ2v) is 3.89. The summed E-state index contributed by atoms with van der Waals surface area (Å²) < 4.78 is 0. The van der Waals surface area contributed by atoms with E-state index in [0.717, 1.165) is 6.42 Å². The van der Waals surface area contributed by atoms with E-state index in [0.29, 0.717) is 12.1 Å². The Bertz CT molecular complexity index is 482. The van der Waals surface area contributed by atoms with Crippen LogP contribution in [0.5, 0.6) is 0 Å². The van der Waals surface area contributed by atoms with Crippen molar-refractivity contribution in [2.24, 2.45) is 0 Å². The molecule has 2 aromatic rings. The van der Waals surface area contributed by atoms with Gasteiger partial charge in [-0.2, -0.15) is 5.48 Å². The number of hydrogen-bond acceptors (Lipinski definition) is 3. The monoisotopic (exact) mass is 241 g/mol. The molecule has 0 atom stereocenters. The quantitative estimate of drug-likeness (QED) is 0.646. The Hall–Kier alpha value is -2.13. The first-order valence-electron chi connectivity index (χ1n) is 5.89. The number of nitrogens with one attached hydrogen (secondary N) is 1. The largest absolute Gasteiger partial charge is 0.367 e. The van der Waals surface area contributed by atoms with E-state index in [1.54, 1.807) is 24.3 Å². The molecule has 0 aromatic heterocycles. The molecule has 0 spiro atoms. The third-order valence-corrected chi connectivity index (χ3v) is 2.53. The van der Waals surface area contributed by atoms with Crippen molar-refractivity contribution < 1.29 is 9.63 Å². The first kappa shape index (κ1) is 12.3. The van der Waals surface area contributed by atoms with Gasteiger partial charge in [-0.3, -0.25) is 0 Å². The van der Waals surface area contributed by atoms with Crippen LogP contribution < -0.4 is 5.48 Å². The number of carbonyl (C=O) groups excluding carboxylic acids is 1. The van der Waals surface area contributed by atoms with E-state index >= 15 is 0 Å². The molecule has 0 saturated heterocycles. The summed E-state index contributed by atoms with van der Waals surface area (Å²) in [4.78, 5) is 16.5. The Labute approximate surface area is 106 Å². The van der Waals surface area contributed by atoms with Crippen LogP contribution in [0.2, 0.25) is 0 Å². The van der Waals surface area contributed by atoms with Crippen LogP contribution in [0.1, 0.15) is 15.9 Å². The highest BCUT2D eigenvalue weighted by atomic mass is 16.7. The number of benzene rings is 2. The van der Waals surface area contributed by atoms with Gasteiger partial charge in [0.2, 0.25) is 0 Å². The predicted octanol–water partition coefficient (Wildman–Crippen LogP) is 2.59. The van der Waals surface area contributed by atoms with Gasteiger partial charge in [-0.25, -0.2) is 4.79 Å². The number of hydroxylamine groups is 1. The van der Waals surface area contributed by atoms with Crippen molar-refractivity contribution >= 4 is 5.97 Å². The standard InChI is InChI=1S/C15H15NO2/c17-15(14-9-5-2-6-10-14)18-16-12-11-13-7-3-1-4-8-13/h1-10,16H,11-12H2. The van der Waals surface area contributed by atoms with Gasteiger partial charge in [0.15, 0.2) is 0 Å². The summed E-state index contributed by atoms with van der Waals surface area (Å²) in [6, 6.07) is 19.0. The van der Waals surface area contributed by atoms with Gasteiger partial charge in [-0.15, -0.1) is 0 Å². The van der Waals surface area contributed by atoms with Gasteiger partial charge in [-0.1, -0.05) is 48.5 Å². The summed E-state index contributed by atoms with van der Waals surface area (Å²) in [5, 5.41) is 0. The molecule has 0 radical (unpaired) electrons. The summed E-state index contributed by atoms with van der Waals surface area (Å²) in [6.07, 6.45) is 0.822. The van der Waals surface area contributed by atoms with Crippen LogP contribution in [0, 0.1) is 0 Å². The third-order valence-electron chi connectivity index (χ3n) is 2.53. The Morgan fingerprint density at radius 3 is 2.22 bits per heavy atom. The lowest BCUT2D eigenvalue weighted by Crippen LogP contribution is -2.22. The van der Waals surface area contributed by atoms with Gasteiger partial charge in [0.1, 0.15) is 0 Å². The molecule has 0 heterocycles. The van der Waals surface area contributed by atoms with E-state index in [2.05, 4.69) is 5.48 Å². The van der Waals surface area contributed by atoms with Crippen molar-refractivity contribution in [1.29, 1.82) is 0 Å². The normalized spacial score (nSPS) is 10.0. The molecule has 92 valence electrons. The van der Waals surface area contributed by atoms with Crippen molar-refractivity contribution in [3.8, 4) is 0 Å². The van der Waals surface area contributed by atoms with Crippen molar-refractivity contribution in [2.75, 3.05) is 6.54 Å². The second-order valence-electron chi connectivity index (χ2n) is 3.89. The molecule has 3 heteroatoms. The third kappa shape index (κ3) is 3.71. The highest BCUT2D eigenvalue weighted by Crippen LogP contribution is 2.00. The SMILES string of the molecule is O=C(ONCCc1ccccc1)c1ccccc1. The van der Waals surface area contributed by atoms with Gasteiger partial charge in [0.05, 0.1) is 5.56 Å². The van der Waals surface area contributed by atoms with Gasteiger partial charge in [0.25, 0.3) is 0 Å². The zero-order valence-electron chi connectivity index (χ0n) is 10.0. The van der Waals surface area contributed by atoms with Gasteiger partial charge >= 0.3 is 5.97 Å². The van der Waals surface area contributed by atoms with Crippen molar-refractivity contribution in [3.63, 3.8) is 0 Å². The molecule has 0 amide bonds. The van der Waals surface area contributed by atoms with E-state index in [-0.39, 0.29) is 5.97 Å². The first-order valence-corrected chi connectivity index (χ1v) is 5.89. The lowest BCUT2D eigenvalue weighted by atomic mass is 10.2. The first-order chi connectivity index (χ1) is 8.86. The lowest BCUT2D eigenvalue weighted by molar-refractivity contribution is 0.0257. The molecule has 18 heavy (non-hydrogen) atoms. The minimum absolute atomic E-state index is 0.358. The summed E-state index contributed by atoms with van der Waals surface area (Å²) >= 11 is 0. The average Bonchev–Trinajstić information content (AvgIpc) is 2.45. The molecular formula is C15H15NO2. The molecule has 1 N–H and O–H groups in total. The second kappa shape index (κ2) is 6.57. The van der Waals surface area contributed by atoms with Crippen LogP contribution in [-0.4, -0.2) is 12.5 Å². The summed E-state index contributed by atoms with van der Waals surface area (Å²) in [5.74, 6) is -0.358. The van der Waals surface area contributed by atoms with Gasteiger partial charge < -0.3 is 4.84 Å². The lowest BCUT2D eigenvalue weighted by Gasteiger charge is -2.05. The van der Waals surface area contributed by atoms with Gasteiger partial charge in [0, 0.05) is 6.54 Å². The van der Waals surface area contributed by atoms with E-state index in [1.165, 1.54) is 5.56 Å². The molecule has 2 aromatic carbocycles.